The van der Waals surface area contributed by atoms with Crippen molar-refractivity contribution in [3.63, 3.8) is 0 Å². The highest BCUT2D eigenvalue weighted by molar-refractivity contribution is 5.97. The summed E-state index contributed by atoms with van der Waals surface area (Å²) in [6.45, 7) is 7.47. The summed E-state index contributed by atoms with van der Waals surface area (Å²) >= 11 is 0. The van der Waals surface area contributed by atoms with Crippen LogP contribution < -0.4 is 9.80 Å². The highest BCUT2D eigenvalue weighted by Crippen LogP contribution is 2.34. The summed E-state index contributed by atoms with van der Waals surface area (Å²) < 4.78 is 15.5. The fraction of sp³-hybridized carbons (Fsp3) is 0.440. The molecule has 1 fully saturated rings. The average molecular weight is 449 g/mol. The molecular formula is C25H29FN6O. The van der Waals surface area contributed by atoms with Crippen molar-refractivity contribution < 1.29 is 9.18 Å². The van der Waals surface area contributed by atoms with Crippen LogP contribution in [-0.4, -0.2) is 45.0 Å². The maximum atomic E-state index is 13.7. The predicted octanol–water partition coefficient (Wildman–Crippen LogP) is 4.00. The smallest absolute Gasteiger partial charge is 0.232 e. The van der Waals surface area contributed by atoms with E-state index in [2.05, 4.69) is 27.1 Å². The summed E-state index contributed by atoms with van der Waals surface area (Å²) in [6, 6.07) is 10.7. The molecule has 5 rings (SSSR count). The molecule has 0 bridgehead atoms. The number of nitrogens with zero attached hydrogens (tertiary/aromatic N) is 6. The molecule has 0 radical (unpaired) electrons. The van der Waals surface area contributed by atoms with Crippen LogP contribution in [0.25, 0.3) is 5.82 Å². The van der Waals surface area contributed by atoms with Crippen LogP contribution in [-0.2, 0) is 11.2 Å². The van der Waals surface area contributed by atoms with Gasteiger partial charge >= 0.3 is 0 Å². The number of piperidine rings is 1. The van der Waals surface area contributed by atoms with Crippen molar-refractivity contribution in [1.82, 2.24) is 20.0 Å². The zero-order valence-corrected chi connectivity index (χ0v) is 19.3. The van der Waals surface area contributed by atoms with Gasteiger partial charge in [0.15, 0.2) is 11.6 Å². The van der Waals surface area contributed by atoms with Crippen molar-refractivity contribution in [3.05, 3.63) is 59.2 Å². The van der Waals surface area contributed by atoms with Crippen molar-refractivity contribution >= 4 is 17.4 Å². The molecule has 4 heterocycles. The molecular weight excluding hydrogens is 419 g/mol. The second kappa shape index (κ2) is 8.57. The molecule has 2 aliphatic rings. The largest absolute Gasteiger partial charge is 0.354 e. The second-order valence-electron chi connectivity index (χ2n) is 9.24. The maximum absolute atomic E-state index is 13.7. The number of carbonyl (C=O) groups excluding carboxylic acids is 1. The quantitative estimate of drug-likeness (QED) is 0.606. The molecule has 0 aliphatic carbocycles. The third-order valence-electron chi connectivity index (χ3n) is 6.77. The van der Waals surface area contributed by atoms with E-state index in [1.165, 1.54) is 6.07 Å². The van der Waals surface area contributed by atoms with Crippen LogP contribution in [0.5, 0.6) is 0 Å². The molecule has 1 amide bonds. The Hall–Kier alpha value is -3.29. The van der Waals surface area contributed by atoms with Crippen LogP contribution in [0.15, 0.2) is 36.4 Å². The fourth-order valence-corrected chi connectivity index (χ4v) is 5.10. The van der Waals surface area contributed by atoms with Gasteiger partial charge < -0.3 is 9.80 Å². The number of hydrogen-bond acceptors (Lipinski definition) is 5. The Morgan fingerprint density at radius 1 is 1.06 bits per heavy atom. The molecule has 2 atom stereocenters. The summed E-state index contributed by atoms with van der Waals surface area (Å²) in [5.74, 6) is 1.19. The van der Waals surface area contributed by atoms with Gasteiger partial charge in [-0.15, -0.1) is 10.2 Å². The van der Waals surface area contributed by atoms with Gasteiger partial charge in [0, 0.05) is 30.5 Å². The number of fused-ring (bicyclic) bond motifs is 1. The number of aromatic nitrogens is 4. The fourth-order valence-electron chi connectivity index (χ4n) is 5.10. The normalized spacial score (nSPS) is 20.6. The number of anilines is 2. The number of carbonyl (C=O) groups is 1. The van der Waals surface area contributed by atoms with E-state index < -0.39 is 0 Å². The van der Waals surface area contributed by atoms with Gasteiger partial charge in [-0.25, -0.2) is 9.07 Å². The number of hydrogen-bond donors (Lipinski definition) is 0. The molecule has 0 N–H and O–H groups in total. The molecule has 0 spiro atoms. The van der Waals surface area contributed by atoms with Gasteiger partial charge in [-0.2, -0.15) is 5.10 Å². The Morgan fingerprint density at radius 3 is 2.58 bits per heavy atom. The molecule has 8 heteroatoms. The van der Waals surface area contributed by atoms with Gasteiger partial charge in [0.2, 0.25) is 5.91 Å². The number of rotatable bonds is 3. The lowest BCUT2D eigenvalue weighted by Gasteiger charge is -2.40. The van der Waals surface area contributed by atoms with Gasteiger partial charge in [0.05, 0.1) is 11.6 Å². The highest BCUT2D eigenvalue weighted by atomic mass is 19.1. The van der Waals surface area contributed by atoms with Crippen LogP contribution >= 0.6 is 0 Å². The minimum absolute atomic E-state index is 0.102. The number of aryl methyl sites for hydroxylation is 3. The lowest BCUT2D eigenvalue weighted by Crippen LogP contribution is -2.49. The van der Waals surface area contributed by atoms with Crippen LogP contribution in [0.2, 0.25) is 0 Å². The lowest BCUT2D eigenvalue weighted by molar-refractivity contribution is -0.123. The van der Waals surface area contributed by atoms with Crippen molar-refractivity contribution in [2.24, 2.45) is 5.92 Å². The first-order valence-electron chi connectivity index (χ1n) is 11.6. The molecule has 33 heavy (non-hydrogen) atoms. The van der Waals surface area contributed by atoms with E-state index in [0.29, 0.717) is 12.4 Å². The van der Waals surface area contributed by atoms with Gasteiger partial charge in [-0.05, 0) is 88.4 Å². The summed E-state index contributed by atoms with van der Waals surface area (Å²) in [4.78, 5) is 17.7. The van der Waals surface area contributed by atoms with Crippen LogP contribution in [0, 0.1) is 25.6 Å². The molecule has 2 aliphatic heterocycles. The van der Waals surface area contributed by atoms with Gasteiger partial charge in [-0.1, -0.05) is 0 Å². The third kappa shape index (κ3) is 4.10. The van der Waals surface area contributed by atoms with Crippen molar-refractivity contribution in [3.8, 4) is 5.82 Å². The van der Waals surface area contributed by atoms with E-state index in [-0.39, 0.29) is 23.7 Å². The summed E-state index contributed by atoms with van der Waals surface area (Å²) in [7, 11) is 0. The first-order chi connectivity index (χ1) is 15.9. The Kier molecular flexibility index (Phi) is 5.60. The monoisotopic (exact) mass is 448 g/mol. The maximum Gasteiger partial charge on any atom is 0.232 e. The van der Waals surface area contributed by atoms with Crippen LogP contribution in [0.4, 0.5) is 15.9 Å². The Balaban J connectivity index is 1.34. The molecule has 2 unspecified atom stereocenters. The van der Waals surface area contributed by atoms with Crippen LogP contribution in [0.1, 0.15) is 43.1 Å². The summed E-state index contributed by atoms with van der Waals surface area (Å²) in [5, 5.41) is 13.3. The molecule has 3 aromatic rings. The Labute approximate surface area is 193 Å². The number of halogens is 1. The molecule has 1 saturated heterocycles. The van der Waals surface area contributed by atoms with E-state index in [1.807, 2.05) is 36.9 Å². The number of benzene rings is 1. The van der Waals surface area contributed by atoms with Gasteiger partial charge in [0.1, 0.15) is 5.82 Å². The second-order valence-corrected chi connectivity index (χ2v) is 9.24. The molecule has 2 aromatic heterocycles. The zero-order valence-electron chi connectivity index (χ0n) is 19.3. The highest BCUT2D eigenvalue weighted by Gasteiger charge is 2.35. The minimum Gasteiger partial charge on any atom is -0.354 e. The van der Waals surface area contributed by atoms with E-state index >= 15 is 0 Å². The standard InChI is InChI=1S/C25H29FN6O/c1-16-13-18(3)32(29-16)24-11-10-23(27-28-24)30-12-4-5-20(15-30)25(33)31-17(2)6-7-19-14-21(26)8-9-22(19)31/h8-11,13-14,17,20H,4-7,12,15H2,1-3H3. The number of amides is 1. The first kappa shape index (κ1) is 21.6. The van der Waals surface area contributed by atoms with E-state index in [9.17, 15) is 9.18 Å². The molecule has 1 aromatic carbocycles. The van der Waals surface area contributed by atoms with E-state index in [1.54, 1.807) is 16.8 Å². The van der Waals surface area contributed by atoms with Gasteiger partial charge in [-0.3, -0.25) is 4.79 Å². The van der Waals surface area contributed by atoms with Crippen LogP contribution in [0.3, 0.4) is 0 Å². The Morgan fingerprint density at radius 2 is 1.85 bits per heavy atom. The predicted molar refractivity (Wildman–Crippen MR) is 125 cm³/mol. The molecule has 0 saturated carbocycles. The van der Waals surface area contributed by atoms with Crippen molar-refractivity contribution in [2.75, 3.05) is 22.9 Å². The minimum atomic E-state index is -0.248. The molecule has 172 valence electrons. The third-order valence-corrected chi connectivity index (χ3v) is 6.77. The SMILES string of the molecule is Cc1cc(C)n(-c2ccc(N3CCCC(C(=O)N4c5ccc(F)cc5CCC4C)C3)nn2)n1. The van der Waals surface area contributed by atoms with Crippen molar-refractivity contribution in [2.45, 2.75) is 52.5 Å². The molecule has 7 nitrogen and oxygen atoms in total. The van der Waals surface area contributed by atoms with E-state index in [0.717, 1.165) is 60.7 Å². The van der Waals surface area contributed by atoms with Crippen molar-refractivity contribution in [1.29, 1.82) is 0 Å². The zero-order chi connectivity index (χ0) is 23.1. The Bertz CT molecular complexity index is 1170. The van der Waals surface area contributed by atoms with E-state index in [4.69, 9.17) is 0 Å². The lowest BCUT2D eigenvalue weighted by atomic mass is 9.91. The summed E-state index contributed by atoms with van der Waals surface area (Å²) in [6.07, 6.45) is 3.39. The van der Waals surface area contributed by atoms with Gasteiger partial charge in [0.25, 0.3) is 0 Å². The first-order valence-corrected chi connectivity index (χ1v) is 11.6. The topological polar surface area (TPSA) is 67.2 Å². The summed E-state index contributed by atoms with van der Waals surface area (Å²) in [5.41, 5.74) is 3.71. The average Bonchev–Trinajstić information content (AvgIpc) is 3.16.